The molecule has 0 spiro atoms. The number of amides is 1. The molecule has 1 atom stereocenters. The van der Waals surface area contributed by atoms with E-state index in [1.807, 2.05) is 43.3 Å². The summed E-state index contributed by atoms with van der Waals surface area (Å²) in [5.41, 5.74) is 3.34. The molecule has 0 fully saturated rings. The van der Waals surface area contributed by atoms with Crippen LogP contribution >= 0.6 is 11.6 Å². The van der Waals surface area contributed by atoms with Crippen molar-refractivity contribution < 1.29 is 13.9 Å². The number of halogens is 1. The van der Waals surface area contributed by atoms with Gasteiger partial charge in [0.2, 0.25) is 0 Å². The molecule has 1 aromatic heterocycles. The van der Waals surface area contributed by atoms with Gasteiger partial charge in [-0.15, -0.1) is 0 Å². The number of nitriles is 1. The first-order chi connectivity index (χ1) is 14.5. The van der Waals surface area contributed by atoms with Crippen molar-refractivity contribution in [3.63, 3.8) is 0 Å². The Hall–Kier alpha value is -3.56. The van der Waals surface area contributed by atoms with E-state index in [4.69, 9.17) is 26.0 Å². The normalized spacial score (nSPS) is 15.6. The number of carbonyl (C=O) groups excluding carboxylic acids is 1. The Bertz CT molecular complexity index is 1130. The van der Waals surface area contributed by atoms with E-state index in [1.165, 1.54) is 11.1 Å². The van der Waals surface area contributed by atoms with Gasteiger partial charge in [-0.3, -0.25) is 4.79 Å². The average molecular weight is 420 g/mol. The third kappa shape index (κ3) is 4.07. The Morgan fingerprint density at radius 2 is 2.10 bits per heavy atom. The highest BCUT2D eigenvalue weighted by atomic mass is 35.5. The summed E-state index contributed by atoms with van der Waals surface area (Å²) < 4.78 is 11.1. The highest BCUT2D eigenvalue weighted by molar-refractivity contribution is 6.32. The van der Waals surface area contributed by atoms with Crippen LogP contribution in [0.1, 0.15) is 34.9 Å². The van der Waals surface area contributed by atoms with Gasteiger partial charge in [0.1, 0.15) is 17.6 Å². The van der Waals surface area contributed by atoms with E-state index in [9.17, 15) is 4.79 Å². The predicted molar refractivity (Wildman–Crippen MR) is 112 cm³/mol. The monoisotopic (exact) mass is 419 g/mol. The minimum absolute atomic E-state index is 0.243. The second-order valence-corrected chi connectivity index (χ2v) is 7.34. The molecular formula is C23H18ClN3O3. The number of benzene rings is 2. The van der Waals surface area contributed by atoms with Crippen LogP contribution in [0.15, 0.2) is 70.4 Å². The number of hydrazone groups is 1. The van der Waals surface area contributed by atoms with Crippen molar-refractivity contribution >= 4 is 23.2 Å². The molecular weight excluding hydrogens is 402 g/mol. The Labute approximate surface area is 178 Å². The summed E-state index contributed by atoms with van der Waals surface area (Å²) >= 11 is 6.13. The van der Waals surface area contributed by atoms with Crippen molar-refractivity contribution in [1.29, 1.82) is 5.26 Å². The van der Waals surface area contributed by atoms with E-state index in [2.05, 4.69) is 5.10 Å². The fourth-order valence-electron chi connectivity index (χ4n) is 3.26. The summed E-state index contributed by atoms with van der Waals surface area (Å²) in [5, 5.41) is 15.2. The first kappa shape index (κ1) is 19.7. The van der Waals surface area contributed by atoms with Crippen molar-refractivity contribution in [2.45, 2.75) is 19.4 Å². The van der Waals surface area contributed by atoms with Gasteiger partial charge in [-0.1, -0.05) is 41.4 Å². The molecule has 1 unspecified atom stereocenters. The van der Waals surface area contributed by atoms with Gasteiger partial charge in [-0.2, -0.15) is 10.4 Å². The van der Waals surface area contributed by atoms with Crippen LogP contribution < -0.4 is 4.74 Å². The molecule has 0 aliphatic carbocycles. The minimum atomic E-state index is -0.344. The van der Waals surface area contributed by atoms with Gasteiger partial charge < -0.3 is 9.15 Å². The lowest BCUT2D eigenvalue weighted by molar-refractivity contribution is -0.135. The molecule has 0 radical (unpaired) electrons. The van der Waals surface area contributed by atoms with Crippen LogP contribution in [0.25, 0.3) is 0 Å². The average Bonchev–Trinajstić information content (AvgIpc) is 3.43. The van der Waals surface area contributed by atoms with Gasteiger partial charge >= 0.3 is 0 Å². The van der Waals surface area contributed by atoms with E-state index in [0.29, 0.717) is 23.5 Å². The Kier molecular flexibility index (Phi) is 5.55. The summed E-state index contributed by atoms with van der Waals surface area (Å²) in [6.07, 6.45) is 2.12. The molecule has 4 rings (SSSR count). The molecule has 1 aliphatic rings. The Morgan fingerprint density at radius 1 is 1.30 bits per heavy atom. The third-order valence-electron chi connectivity index (χ3n) is 4.83. The molecule has 0 bridgehead atoms. The number of ether oxygens (including phenoxy) is 1. The summed E-state index contributed by atoms with van der Waals surface area (Å²) in [4.78, 5) is 12.9. The summed E-state index contributed by atoms with van der Waals surface area (Å²) in [6.45, 7) is 1.78. The van der Waals surface area contributed by atoms with E-state index in [-0.39, 0.29) is 23.6 Å². The number of carbonyl (C=O) groups is 1. The number of hydrogen-bond donors (Lipinski definition) is 0. The fourth-order valence-corrected chi connectivity index (χ4v) is 3.49. The first-order valence-electron chi connectivity index (χ1n) is 9.37. The summed E-state index contributed by atoms with van der Waals surface area (Å²) in [5.74, 6) is 0.671. The zero-order chi connectivity index (χ0) is 21.1. The standard InChI is InChI=1S/C23H18ClN3O3/c1-15-4-7-17(8-5-15)19-12-20(22-3-2-10-29-22)27(26-19)23(28)14-30-21-9-6-16(13-25)11-18(21)24/h2-11,20H,12,14H2,1H3. The summed E-state index contributed by atoms with van der Waals surface area (Å²) in [7, 11) is 0. The topological polar surface area (TPSA) is 78.8 Å². The van der Waals surface area contributed by atoms with E-state index < -0.39 is 0 Å². The molecule has 150 valence electrons. The molecule has 2 aromatic carbocycles. The zero-order valence-electron chi connectivity index (χ0n) is 16.2. The van der Waals surface area contributed by atoms with Crippen molar-refractivity contribution in [2.24, 2.45) is 5.10 Å². The van der Waals surface area contributed by atoms with Gasteiger partial charge in [0, 0.05) is 6.42 Å². The number of rotatable bonds is 5. The van der Waals surface area contributed by atoms with E-state index in [1.54, 1.807) is 24.5 Å². The molecule has 6 nitrogen and oxygen atoms in total. The van der Waals surface area contributed by atoms with Crippen LogP contribution in [0.2, 0.25) is 5.02 Å². The molecule has 1 aliphatic heterocycles. The molecule has 30 heavy (non-hydrogen) atoms. The van der Waals surface area contributed by atoms with Gasteiger partial charge in [-0.25, -0.2) is 5.01 Å². The largest absolute Gasteiger partial charge is 0.482 e. The molecule has 7 heteroatoms. The van der Waals surface area contributed by atoms with Crippen LogP contribution in [0.4, 0.5) is 0 Å². The second-order valence-electron chi connectivity index (χ2n) is 6.93. The fraction of sp³-hybridized carbons (Fsp3) is 0.174. The molecule has 0 saturated carbocycles. The van der Waals surface area contributed by atoms with E-state index in [0.717, 1.165) is 16.8 Å². The number of nitrogens with zero attached hydrogens (tertiary/aromatic N) is 3. The van der Waals surface area contributed by atoms with Gasteiger partial charge in [-0.05, 0) is 42.8 Å². The van der Waals surface area contributed by atoms with Crippen molar-refractivity contribution in [1.82, 2.24) is 5.01 Å². The number of hydrogen-bond acceptors (Lipinski definition) is 5. The quantitative estimate of drug-likeness (QED) is 0.591. The molecule has 1 amide bonds. The second kappa shape index (κ2) is 8.44. The van der Waals surface area contributed by atoms with Crippen LogP contribution in [0.5, 0.6) is 5.75 Å². The lowest BCUT2D eigenvalue weighted by atomic mass is 10.0. The highest BCUT2D eigenvalue weighted by Crippen LogP contribution is 2.33. The van der Waals surface area contributed by atoms with Crippen molar-refractivity contribution in [2.75, 3.05) is 6.61 Å². The van der Waals surface area contributed by atoms with Gasteiger partial charge in [0.05, 0.1) is 28.6 Å². The smallest absolute Gasteiger partial charge is 0.281 e. The number of furan rings is 1. The Balaban J connectivity index is 1.54. The van der Waals surface area contributed by atoms with Crippen LogP contribution in [0, 0.1) is 18.3 Å². The minimum Gasteiger partial charge on any atom is -0.482 e. The lowest BCUT2D eigenvalue weighted by Crippen LogP contribution is -2.31. The van der Waals surface area contributed by atoms with Crippen LogP contribution in [-0.2, 0) is 4.79 Å². The van der Waals surface area contributed by atoms with Crippen LogP contribution in [0.3, 0.4) is 0 Å². The third-order valence-corrected chi connectivity index (χ3v) is 5.13. The molecule has 3 aromatic rings. The number of aryl methyl sites for hydroxylation is 1. The van der Waals surface area contributed by atoms with Gasteiger partial charge in [0.15, 0.2) is 6.61 Å². The summed E-state index contributed by atoms with van der Waals surface area (Å²) in [6, 6.07) is 18.0. The lowest BCUT2D eigenvalue weighted by Gasteiger charge is -2.20. The first-order valence-corrected chi connectivity index (χ1v) is 9.75. The van der Waals surface area contributed by atoms with Crippen LogP contribution in [-0.4, -0.2) is 23.2 Å². The Morgan fingerprint density at radius 3 is 2.77 bits per heavy atom. The van der Waals surface area contributed by atoms with E-state index >= 15 is 0 Å². The van der Waals surface area contributed by atoms with Crippen molar-refractivity contribution in [3.05, 3.63) is 88.3 Å². The molecule has 0 N–H and O–H groups in total. The highest BCUT2D eigenvalue weighted by Gasteiger charge is 2.35. The molecule has 2 heterocycles. The SMILES string of the molecule is Cc1ccc(C2=NN(C(=O)COc3ccc(C#N)cc3Cl)C(c3ccco3)C2)cc1. The maximum Gasteiger partial charge on any atom is 0.281 e. The molecule has 0 saturated heterocycles. The van der Waals surface area contributed by atoms with Crippen molar-refractivity contribution in [3.8, 4) is 11.8 Å². The maximum atomic E-state index is 12.9. The maximum absolute atomic E-state index is 12.9. The van der Waals surface area contributed by atoms with Gasteiger partial charge in [0.25, 0.3) is 5.91 Å². The zero-order valence-corrected chi connectivity index (χ0v) is 17.0. The predicted octanol–water partition coefficient (Wildman–Crippen LogP) is 4.87.